The molecule has 2 rings (SSSR count). The number of alkyl halides is 1. The Labute approximate surface area is 192 Å². The zero-order valence-electron chi connectivity index (χ0n) is 17.3. The van der Waals surface area contributed by atoms with Gasteiger partial charge in [0.05, 0.1) is 12.6 Å². The molecule has 0 saturated heterocycles. The first-order valence-corrected chi connectivity index (χ1v) is 10.9. The Balaban J connectivity index is 2.09. The minimum atomic E-state index is -1.04. The van der Waals surface area contributed by atoms with Crippen LogP contribution in [-0.4, -0.2) is 52.1 Å². The Bertz CT molecular complexity index is 859. The molecule has 1 amide bonds. The SMILES string of the molecule is CC(Cc1ccc(OCC(=O)O)cc1)N(CC(O)c1cccc(Cl)c1)C(=O)CCCCl. The molecule has 2 atom stereocenters. The van der Waals surface area contributed by atoms with Crippen molar-refractivity contribution in [2.24, 2.45) is 0 Å². The number of aliphatic hydroxyl groups is 1. The summed E-state index contributed by atoms with van der Waals surface area (Å²) in [6.45, 7) is 1.67. The molecule has 2 N–H and O–H groups in total. The zero-order valence-corrected chi connectivity index (χ0v) is 18.9. The van der Waals surface area contributed by atoms with Gasteiger partial charge in [0.25, 0.3) is 0 Å². The third kappa shape index (κ3) is 8.40. The molecule has 0 saturated carbocycles. The molecule has 0 fully saturated rings. The van der Waals surface area contributed by atoms with E-state index in [0.29, 0.717) is 41.5 Å². The van der Waals surface area contributed by atoms with E-state index in [2.05, 4.69) is 0 Å². The molecule has 0 aliphatic rings. The van der Waals surface area contributed by atoms with Crippen LogP contribution in [0, 0.1) is 0 Å². The first-order valence-electron chi connectivity index (χ1n) is 10.0. The van der Waals surface area contributed by atoms with Crippen molar-refractivity contribution < 1.29 is 24.5 Å². The first kappa shape index (κ1) is 25.0. The van der Waals surface area contributed by atoms with Gasteiger partial charge >= 0.3 is 5.97 Å². The Morgan fingerprint density at radius 2 is 1.87 bits per heavy atom. The number of hydrogen-bond donors (Lipinski definition) is 2. The van der Waals surface area contributed by atoms with Gasteiger partial charge in [-0.1, -0.05) is 35.9 Å². The van der Waals surface area contributed by atoms with Crippen LogP contribution < -0.4 is 4.74 Å². The predicted molar refractivity (Wildman–Crippen MR) is 121 cm³/mol. The second-order valence-electron chi connectivity index (χ2n) is 7.29. The van der Waals surface area contributed by atoms with Gasteiger partial charge in [-0.2, -0.15) is 0 Å². The fourth-order valence-electron chi connectivity index (χ4n) is 3.21. The molecule has 31 heavy (non-hydrogen) atoms. The minimum absolute atomic E-state index is 0.0735. The van der Waals surface area contributed by atoms with Gasteiger partial charge in [-0.15, -0.1) is 11.6 Å². The smallest absolute Gasteiger partial charge is 0.341 e. The molecule has 2 aromatic rings. The monoisotopic (exact) mass is 467 g/mol. The molecular formula is C23H27Cl2NO5. The molecule has 8 heteroatoms. The van der Waals surface area contributed by atoms with Crippen molar-refractivity contribution in [1.82, 2.24) is 4.90 Å². The maximum Gasteiger partial charge on any atom is 0.341 e. The van der Waals surface area contributed by atoms with E-state index in [1.54, 1.807) is 41.3 Å². The number of amides is 1. The summed E-state index contributed by atoms with van der Waals surface area (Å²) in [5.41, 5.74) is 1.61. The second-order valence-corrected chi connectivity index (χ2v) is 8.10. The Kier molecular flexibility index (Phi) is 10.1. The predicted octanol–water partition coefficient (Wildman–Crippen LogP) is 4.32. The highest BCUT2D eigenvalue weighted by Gasteiger charge is 2.24. The second kappa shape index (κ2) is 12.5. The lowest BCUT2D eigenvalue weighted by atomic mass is 10.0. The topological polar surface area (TPSA) is 87.1 Å². The highest BCUT2D eigenvalue weighted by atomic mass is 35.5. The highest BCUT2D eigenvalue weighted by Crippen LogP contribution is 2.22. The van der Waals surface area contributed by atoms with Crippen molar-refractivity contribution in [2.45, 2.75) is 38.3 Å². The summed E-state index contributed by atoms with van der Waals surface area (Å²) in [6, 6.07) is 13.8. The third-order valence-electron chi connectivity index (χ3n) is 4.80. The lowest BCUT2D eigenvalue weighted by Crippen LogP contribution is -2.42. The number of benzene rings is 2. The lowest BCUT2D eigenvalue weighted by Gasteiger charge is -2.32. The van der Waals surface area contributed by atoms with Crippen LogP contribution in [-0.2, 0) is 16.0 Å². The molecule has 2 unspecified atom stereocenters. The van der Waals surface area contributed by atoms with Crippen LogP contribution in [0.2, 0.25) is 5.02 Å². The number of carboxylic acid groups (broad SMARTS) is 1. The van der Waals surface area contributed by atoms with Crippen LogP contribution in [0.3, 0.4) is 0 Å². The summed E-state index contributed by atoms with van der Waals surface area (Å²) in [5, 5.41) is 19.9. The fraction of sp³-hybridized carbons (Fsp3) is 0.391. The van der Waals surface area contributed by atoms with E-state index in [1.807, 2.05) is 19.1 Å². The van der Waals surface area contributed by atoms with E-state index in [4.69, 9.17) is 33.0 Å². The van der Waals surface area contributed by atoms with Crippen LogP contribution in [0.4, 0.5) is 0 Å². The highest BCUT2D eigenvalue weighted by molar-refractivity contribution is 6.30. The molecule has 6 nitrogen and oxygen atoms in total. The largest absolute Gasteiger partial charge is 0.482 e. The number of aliphatic hydroxyl groups excluding tert-OH is 1. The molecule has 0 aliphatic heterocycles. The molecule has 0 radical (unpaired) electrons. The van der Waals surface area contributed by atoms with Crippen LogP contribution in [0.5, 0.6) is 5.75 Å². The molecule has 0 aromatic heterocycles. The molecule has 0 bridgehead atoms. The Morgan fingerprint density at radius 1 is 1.16 bits per heavy atom. The minimum Gasteiger partial charge on any atom is -0.482 e. The van der Waals surface area contributed by atoms with Gasteiger partial charge < -0.3 is 19.8 Å². The number of aliphatic carboxylic acids is 1. The van der Waals surface area contributed by atoms with Gasteiger partial charge in [-0.3, -0.25) is 4.79 Å². The number of carboxylic acids is 1. The third-order valence-corrected chi connectivity index (χ3v) is 5.30. The summed E-state index contributed by atoms with van der Waals surface area (Å²) in [6.07, 6.45) is 0.562. The molecular weight excluding hydrogens is 441 g/mol. The number of carbonyl (C=O) groups is 2. The average molecular weight is 468 g/mol. The molecule has 0 spiro atoms. The quantitative estimate of drug-likeness (QED) is 0.454. The van der Waals surface area contributed by atoms with Crippen molar-refractivity contribution in [1.29, 1.82) is 0 Å². The number of ether oxygens (including phenoxy) is 1. The maximum atomic E-state index is 12.8. The van der Waals surface area contributed by atoms with E-state index in [-0.39, 0.29) is 18.5 Å². The van der Waals surface area contributed by atoms with Crippen LogP contribution in [0.15, 0.2) is 48.5 Å². The molecule has 168 valence electrons. The van der Waals surface area contributed by atoms with Gasteiger partial charge in [-0.05, 0) is 55.2 Å². The van der Waals surface area contributed by atoms with E-state index in [9.17, 15) is 14.7 Å². The van der Waals surface area contributed by atoms with Crippen LogP contribution in [0.1, 0.15) is 37.0 Å². The van der Waals surface area contributed by atoms with Gasteiger partial charge in [0, 0.05) is 23.4 Å². The van der Waals surface area contributed by atoms with Gasteiger partial charge in [0.15, 0.2) is 6.61 Å². The standard InChI is InChI=1S/C23H27Cl2NO5/c1-16(12-17-7-9-20(10-8-17)31-15-23(29)30)26(22(28)6-3-11-24)14-21(27)18-4-2-5-19(25)13-18/h2,4-5,7-10,13,16,21,27H,3,6,11-12,14-15H2,1H3,(H,29,30). The van der Waals surface area contributed by atoms with E-state index in [0.717, 1.165) is 5.56 Å². The van der Waals surface area contributed by atoms with Gasteiger partial charge in [0.1, 0.15) is 5.75 Å². The van der Waals surface area contributed by atoms with E-state index < -0.39 is 18.7 Å². The Hall–Kier alpha value is -2.28. The maximum absolute atomic E-state index is 12.8. The van der Waals surface area contributed by atoms with E-state index in [1.165, 1.54) is 0 Å². The Morgan fingerprint density at radius 3 is 2.48 bits per heavy atom. The summed E-state index contributed by atoms with van der Waals surface area (Å²) in [4.78, 5) is 25.1. The van der Waals surface area contributed by atoms with Crippen molar-refractivity contribution in [2.75, 3.05) is 19.0 Å². The summed E-state index contributed by atoms with van der Waals surface area (Å²) >= 11 is 11.8. The molecule has 0 heterocycles. The summed E-state index contributed by atoms with van der Waals surface area (Å²) < 4.78 is 5.15. The van der Waals surface area contributed by atoms with Gasteiger partial charge in [-0.25, -0.2) is 4.79 Å². The summed E-state index contributed by atoms with van der Waals surface area (Å²) in [7, 11) is 0. The number of halogens is 2. The van der Waals surface area contributed by atoms with Crippen molar-refractivity contribution in [3.8, 4) is 5.75 Å². The van der Waals surface area contributed by atoms with Crippen LogP contribution >= 0.6 is 23.2 Å². The van der Waals surface area contributed by atoms with Crippen molar-refractivity contribution in [3.63, 3.8) is 0 Å². The number of hydrogen-bond acceptors (Lipinski definition) is 4. The lowest BCUT2D eigenvalue weighted by molar-refractivity contribution is -0.139. The molecule has 2 aromatic carbocycles. The fourth-order valence-corrected chi connectivity index (χ4v) is 3.55. The normalized spacial score (nSPS) is 12.8. The van der Waals surface area contributed by atoms with Gasteiger partial charge in [0.2, 0.25) is 5.91 Å². The number of carbonyl (C=O) groups excluding carboxylic acids is 1. The van der Waals surface area contributed by atoms with Crippen molar-refractivity contribution in [3.05, 3.63) is 64.7 Å². The summed E-state index contributed by atoms with van der Waals surface area (Å²) in [5.74, 6) is -0.259. The first-order chi connectivity index (χ1) is 14.8. The number of nitrogens with zero attached hydrogens (tertiary/aromatic N) is 1. The molecule has 0 aliphatic carbocycles. The number of rotatable bonds is 12. The van der Waals surface area contributed by atoms with Crippen molar-refractivity contribution >= 4 is 35.1 Å². The zero-order chi connectivity index (χ0) is 22.8. The van der Waals surface area contributed by atoms with Crippen LogP contribution in [0.25, 0.3) is 0 Å². The average Bonchev–Trinajstić information content (AvgIpc) is 2.75. The van der Waals surface area contributed by atoms with E-state index >= 15 is 0 Å².